The fourth-order valence-electron chi connectivity index (χ4n) is 4.25. The van der Waals surface area contributed by atoms with Crippen LogP contribution in [0.1, 0.15) is 20.9 Å². The zero-order chi connectivity index (χ0) is 23.8. The lowest BCUT2D eigenvalue weighted by Crippen LogP contribution is -2.48. The molecule has 34 heavy (non-hydrogen) atoms. The molecule has 4 aromatic rings. The first-order chi connectivity index (χ1) is 16.4. The van der Waals surface area contributed by atoms with Crippen molar-refractivity contribution in [2.75, 3.05) is 26.2 Å². The highest BCUT2D eigenvalue weighted by molar-refractivity contribution is 7.17. The summed E-state index contributed by atoms with van der Waals surface area (Å²) in [5, 5.41) is 11.7. The van der Waals surface area contributed by atoms with Gasteiger partial charge < -0.3 is 4.90 Å². The first-order valence-corrected chi connectivity index (χ1v) is 12.1. The van der Waals surface area contributed by atoms with Gasteiger partial charge in [0.05, 0.1) is 16.3 Å². The fourth-order valence-corrected chi connectivity index (χ4v) is 5.22. The van der Waals surface area contributed by atoms with Gasteiger partial charge in [-0.3, -0.25) is 24.2 Å². The lowest BCUT2D eigenvalue weighted by atomic mass is 10.1. The van der Waals surface area contributed by atoms with Gasteiger partial charge >= 0.3 is 0 Å². The highest BCUT2D eigenvalue weighted by Gasteiger charge is 2.25. The number of non-ortho nitro benzene ring substituents is 1. The van der Waals surface area contributed by atoms with Gasteiger partial charge in [-0.25, -0.2) is 4.98 Å². The van der Waals surface area contributed by atoms with E-state index in [1.807, 2.05) is 24.3 Å². The van der Waals surface area contributed by atoms with Crippen molar-refractivity contribution in [1.29, 1.82) is 0 Å². The van der Waals surface area contributed by atoms with Crippen molar-refractivity contribution in [3.8, 4) is 11.3 Å². The van der Waals surface area contributed by atoms with Gasteiger partial charge in [0.2, 0.25) is 0 Å². The van der Waals surface area contributed by atoms with Crippen LogP contribution in [0.5, 0.6) is 0 Å². The lowest BCUT2D eigenvalue weighted by Gasteiger charge is -2.34. The second kappa shape index (κ2) is 9.17. The van der Waals surface area contributed by atoms with Crippen molar-refractivity contribution >= 4 is 39.5 Å². The lowest BCUT2D eigenvalue weighted by molar-refractivity contribution is -0.384. The zero-order valence-corrected chi connectivity index (χ0v) is 20.1. The maximum atomic E-state index is 12.9. The molecule has 0 unspecified atom stereocenters. The van der Waals surface area contributed by atoms with E-state index in [9.17, 15) is 14.9 Å². The van der Waals surface area contributed by atoms with Crippen molar-refractivity contribution in [1.82, 2.24) is 19.2 Å². The number of aryl methyl sites for hydroxylation is 1. The summed E-state index contributed by atoms with van der Waals surface area (Å²) in [6.45, 7) is 5.30. The molecule has 0 atom stereocenters. The predicted octanol–water partition coefficient (Wildman–Crippen LogP) is 4.89. The molecule has 2 aromatic carbocycles. The monoisotopic (exact) mass is 495 g/mol. The number of fused-ring (bicyclic) bond motifs is 1. The molecule has 1 aliphatic rings. The summed E-state index contributed by atoms with van der Waals surface area (Å²) >= 11 is 7.74. The molecule has 0 spiro atoms. The maximum Gasteiger partial charge on any atom is 0.270 e. The molecule has 0 saturated carbocycles. The maximum absolute atomic E-state index is 12.9. The molecule has 1 amide bonds. The molecule has 0 aliphatic carbocycles. The van der Waals surface area contributed by atoms with Gasteiger partial charge in [-0.05, 0) is 25.1 Å². The molecule has 8 nitrogen and oxygen atoms in total. The number of hydrogen-bond acceptors (Lipinski definition) is 6. The molecular weight excluding hydrogens is 474 g/mol. The molecule has 1 aliphatic heterocycles. The Morgan fingerprint density at radius 2 is 1.88 bits per heavy atom. The highest BCUT2D eigenvalue weighted by Crippen LogP contribution is 2.30. The summed E-state index contributed by atoms with van der Waals surface area (Å²) in [6.07, 6.45) is 2.11. The molecule has 0 radical (unpaired) electrons. The van der Waals surface area contributed by atoms with Gasteiger partial charge in [0.15, 0.2) is 4.96 Å². The van der Waals surface area contributed by atoms with Crippen LogP contribution in [0.15, 0.2) is 54.7 Å². The van der Waals surface area contributed by atoms with E-state index in [4.69, 9.17) is 16.6 Å². The van der Waals surface area contributed by atoms with Crippen molar-refractivity contribution < 1.29 is 9.72 Å². The molecule has 3 heterocycles. The highest BCUT2D eigenvalue weighted by atomic mass is 35.5. The van der Waals surface area contributed by atoms with Crippen LogP contribution in [0.2, 0.25) is 5.02 Å². The summed E-state index contributed by atoms with van der Waals surface area (Å²) in [5.41, 5.74) is 3.35. The Bertz CT molecular complexity index is 1370. The smallest absolute Gasteiger partial charge is 0.270 e. The molecule has 0 N–H and O–H groups in total. The van der Waals surface area contributed by atoms with Crippen molar-refractivity contribution in [2.45, 2.75) is 13.5 Å². The number of carbonyl (C=O) groups is 1. The summed E-state index contributed by atoms with van der Waals surface area (Å²) in [7, 11) is 0. The molecule has 0 bridgehead atoms. The van der Waals surface area contributed by atoms with Gasteiger partial charge in [0, 0.05) is 72.1 Å². The number of aromatic nitrogens is 2. The minimum Gasteiger partial charge on any atom is -0.336 e. The van der Waals surface area contributed by atoms with Crippen LogP contribution >= 0.6 is 22.9 Å². The number of piperazine rings is 1. The number of carbonyl (C=O) groups excluding carboxylic acids is 1. The van der Waals surface area contributed by atoms with Crippen LogP contribution in [0.25, 0.3) is 16.2 Å². The van der Waals surface area contributed by atoms with Crippen molar-refractivity contribution in [3.63, 3.8) is 0 Å². The van der Waals surface area contributed by atoms with E-state index in [0.717, 1.165) is 21.9 Å². The molecule has 5 rings (SSSR count). The Morgan fingerprint density at radius 1 is 1.15 bits per heavy atom. The van der Waals surface area contributed by atoms with Crippen LogP contribution in [0.4, 0.5) is 5.69 Å². The van der Waals surface area contributed by atoms with Gasteiger partial charge in [0.1, 0.15) is 0 Å². The number of amides is 1. The van der Waals surface area contributed by atoms with E-state index in [0.29, 0.717) is 43.3 Å². The van der Waals surface area contributed by atoms with Crippen LogP contribution in [-0.4, -0.2) is 56.2 Å². The molecule has 1 saturated heterocycles. The number of nitro groups is 1. The van der Waals surface area contributed by atoms with Crippen LogP contribution in [0, 0.1) is 17.0 Å². The SMILES string of the molecule is Cc1cn2c(CN3CCN(C(=O)c4cccc([N+](=O)[O-])c4)CC3)c(-c3ccc(Cl)cc3)nc2s1. The summed E-state index contributed by atoms with van der Waals surface area (Å²) in [6, 6.07) is 13.6. The van der Waals surface area contributed by atoms with Crippen molar-refractivity contribution in [3.05, 3.63) is 86.0 Å². The number of thiazole rings is 1. The number of rotatable bonds is 5. The van der Waals surface area contributed by atoms with Crippen LogP contribution < -0.4 is 0 Å². The van der Waals surface area contributed by atoms with Crippen LogP contribution in [0.3, 0.4) is 0 Å². The average Bonchev–Trinajstić information content (AvgIpc) is 3.36. The third-order valence-electron chi connectivity index (χ3n) is 6.00. The molecule has 174 valence electrons. The Labute approximate surface area is 205 Å². The zero-order valence-electron chi connectivity index (χ0n) is 18.5. The largest absolute Gasteiger partial charge is 0.336 e. The minimum absolute atomic E-state index is 0.0741. The Kier molecular flexibility index (Phi) is 6.07. The van der Waals surface area contributed by atoms with Crippen LogP contribution in [-0.2, 0) is 6.54 Å². The topological polar surface area (TPSA) is 84.0 Å². The van der Waals surface area contributed by atoms with Gasteiger partial charge in [-0.2, -0.15) is 0 Å². The number of benzene rings is 2. The number of imidazole rings is 1. The van der Waals surface area contributed by atoms with Gasteiger partial charge in [-0.1, -0.05) is 29.8 Å². The van der Waals surface area contributed by atoms with E-state index in [-0.39, 0.29) is 11.6 Å². The third-order valence-corrected chi connectivity index (χ3v) is 7.15. The molecule has 2 aromatic heterocycles. The Hall–Kier alpha value is -3.27. The molecule has 10 heteroatoms. The third kappa shape index (κ3) is 4.42. The summed E-state index contributed by atoms with van der Waals surface area (Å²) < 4.78 is 2.16. The number of nitrogens with zero attached hydrogens (tertiary/aromatic N) is 5. The first kappa shape index (κ1) is 22.5. The number of halogens is 1. The summed E-state index contributed by atoms with van der Waals surface area (Å²) in [4.78, 5) is 34.6. The average molecular weight is 496 g/mol. The van der Waals surface area contributed by atoms with E-state index in [1.165, 1.54) is 17.0 Å². The second-order valence-corrected chi connectivity index (χ2v) is 9.93. The van der Waals surface area contributed by atoms with E-state index >= 15 is 0 Å². The second-order valence-electron chi connectivity index (χ2n) is 8.28. The summed E-state index contributed by atoms with van der Waals surface area (Å²) in [5.74, 6) is -0.176. The van der Waals surface area contributed by atoms with E-state index < -0.39 is 4.92 Å². The first-order valence-electron chi connectivity index (χ1n) is 10.9. The Morgan fingerprint density at radius 3 is 2.59 bits per heavy atom. The Balaban J connectivity index is 1.33. The predicted molar refractivity (Wildman–Crippen MR) is 133 cm³/mol. The number of hydrogen-bond donors (Lipinski definition) is 0. The van der Waals surface area contributed by atoms with Gasteiger partial charge in [-0.15, -0.1) is 11.3 Å². The minimum atomic E-state index is -0.481. The fraction of sp³-hybridized carbons (Fsp3) is 0.250. The van der Waals surface area contributed by atoms with E-state index in [1.54, 1.807) is 28.4 Å². The molecule has 1 fully saturated rings. The molecular formula is C24H22ClN5O3S. The van der Waals surface area contributed by atoms with Crippen molar-refractivity contribution in [2.24, 2.45) is 0 Å². The van der Waals surface area contributed by atoms with E-state index in [2.05, 4.69) is 22.4 Å². The quantitative estimate of drug-likeness (QED) is 0.291. The standard InChI is InChI=1S/C24H22ClN5O3S/c1-16-14-29-21(22(26-24(29)34-16)17-5-7-19(25)8-6-17)15-27-9-11-28(12-10-27)23(31)18-3-2-4-20(13-18)30(32)33/h2-8,13-14H,9-12,15H2,1H3. The van der Waals surface area contributed by atoms with Gasteiger partial charge in [0.25, 0.3) is 11.6 Å². The number of nitro benzene ring substituents is 1. The normalized spacial score (nSPS) is 14.6.